The lowest BCUT2D eigenvalue weighted by Gasteiger charge is -2.14. The van der Waals surface area contributed by atoms with Crippen molar-refractivity contribution in [3.05, 3.63) is 42.0 Å². The number of carbonyl (C=O) groups excluding carboxylic acids is 1. The van der Waals surface area contributed by atoms with Gasteiger partial charge in [0.15, 0.2) is 0 Å². The van der Waals surface area contributed by atoms with E-state index in [0.29, 0.717) is 0 Å². The SMILES string of the molecule is CSCSCC(CO)NC(=O)C=Cc1ccccc1. The molecule has 0 aliphatic carbocycles. The molecular formula is C14H19NO2S2. The minimum atomic E-state index is -0.190. The molecule has 0 radical (unpaired) electrons. The van der Waals surface area contributed by atoms with Crippen LogP contribution >= 0.6 is 23.5 Å². The summed E-state index contributed by atoms with van der Waals surface area (Å²) in [7, 11) is 0. The van der Waals surface area contributed by atoms with E-state index in [2.05, 4.69) is 5.32 Å². The summed E-state index contributed by atoms with van der Waals surface area (Å²) in [6.07, 6.45) is 5.29. The highest BCUT2D eigenvalue weighted by atomic mass is 32.2. The van der Waals surface area contributed by atoms with Crippen LogP contribution in [0.25, 0.3) is 6.08 Å². The molecule has 104 valence electrons. The normalized spacial score (nSPS) is 12.5. The second kappa shape index (κ2) is 9.95. The second-order valence-corrected chi connectivity index (χ2v) is 6.17. The fourth-order valence-corrected chi connectivity index (χ4v) is 2.92. The van der Waals surface area contributed by atoms with Gasteiger partial charge in [0.1, 0.15) is 0 Å². The lowest BCUT2D eigenvalue weighted by atomic mass is 10.2. The van der Waals surface area contributed by atoms with E-state index in [9.17, 15) is 9.90 Å². The highest BCUT2D eigenvalue weighted by molar-refractivity contribution is 8.15. The van der Waals surface area contributed by atoms with Gasteiger partial charge in [-0.1, -0.05) is 30.3 Å². The van der Waals surface area contributed by atoms with Gasteiger partial charge in [-0.3, -0.25) is 4.79 Å². The topological polar surface area (TPSA) is 49.3 Å². The molecule has 0 saturated heterocycles. The number of aliphatic hydroxyl groups excluding tert-OH is 1. The molecule has 0 aromatic heterocycles. The van der Waals surface area contributed by atoms with Crippen molar-refractivity contribution in [3.63, 3.8) is 0 Å². The van der Waals surface area contributed by atoms with E-state index in [4.69, 9.17) is 0 Å². The Labute approximate surface area is 122 Å². The Morgan fingerprint density at radius 1 is 1.42 bits per heavy atom. The summed E-state index contributed by atoms with van der Waals surface area (Å²) in [4.78, 5) is 11.7. The van der Waals surface area contributed by atoms with E-state index < -0.39 is 0 Å². The Bertz CT molecular complexity index is 396. The quantitative estimate of drug-likeness (QED) is 0.439. The van der Waals surface area contributed by atoms with Crippen LogP contribution in [0, 0.1) is 0 Å². The first-order valence-electron chi connectivity index (χ1n) is 5.97. The van der Waals surface area contributed by atoms with Crippen molar-refractivity contribution >= 4 is 35.5 Å². The van der Waals surface area contributed by atoms with E-state index in [1.54, 1.807) is 29.6 Å². The molecular weight excluding hydrogens is 278 g/mol. The lowest BCUT2D eigenvalue weighted by Crippen LogP contribution is -2.38. The van der Waals surface area contributed by atoms with Crippen LogP contribution in [0.2, 0.25) is 0 Å². The summed E-state index contributed by atoms with van der Waals surface area (Å²) >= 11 is 3.44. The largest absolute Gasteiger partial charge is 0.394 e. The third kappa shape index (κ3) is 7.30. The number of hydrogen-bond donors (Lipinski definition) is 2. The molecule has 1 rings (SSSR count). The molecule has 2 N–H and O–H groups in total. The summed E-state index contributed by atoms with van der Waals surface area (Å²) < 4.78 is 0. The van der Waals surface area contributed by atoms with Gasteiger partial charge in [-0.25, -0.2) is 0 Å². The Hall–Kier alpha value is -0.910. The van der Waals surface area contributed by atoms with Gasteiger partial charge in [0.2, 0.25) is 5.91 Å². The first kappa shape index (κ1) is 16.1. The number of hydrogen-bond acceptors (Lipinski definition) is 4. The molecule has 5 heteroatoms. The van der Waals surface area contributed by atoms with Crippen LogP contribution in [0.4, 0.5) is 0 Å². The smallest absolute Gasteiger partial charge is 0.244 e. The molecule has 0 aliphatic heterocycles. The highest BCUT2D eigenvalue weighted by Crippen LogP contribution is 2.09. The third-order valence-electron chi connectivity index (χ3n) is 2.31. The van der Waals surface area contributed by atoms with Gasteiger partial charge in [-0.2, -0.15) is 11.8 Å². The molecule has 1 atom stereocenters. The summed E-state index contributed by atoms with van der Waals surface area (Å²) in [6, 6.07) is 9.45. The van der Waals surface area contributed by atoms with Crippen molar-refractivity contribution < 1.29 is 9.90 Å². The fourth-order valence-electron chi connectivity index (χ4n) is 1.40. The van der Waals surface area contributed by atoms with Gasteiger partial charge in [0, 0.05) is 16.9 Å². The first-order valence-corrected chi connectivity index (χ1v) is 8.52. The molecule has 0 bridgehead atoms. The zero-order chi connectivity index (χ0) is 13.9. The van der Waals surface area contributed by atoms with Crippen LogP contribution in [0.3, 0.4) is 0 Å². The van der Waals surface area contributed by atoms with E-state index in [1.165, 1.54) is 6.08 Å². The molecule has 1 aromatic rings. The molecule has 0 fully saturated rings. The second-order valence-electron chi connectivity index (χ2n) is 3.91. The van der Waals surface area contributed by atoms with Crippen LogP contribution in [0.1, 0.15) is 5.56 Å². The van der Waals surface area contributed by atoms with E-state index >= 15 is 0 Å². The zero-order valence-electron chi connectivity index (χ0n) is 10.9. The first-order chi connectivity index (χ1) is 9.26. The molecule has 1 unspecified atom stereocenters. The number of amides is 1. The molecule has 1 aromatic carbocycles. The number of rotatable bonds is 8. The number of nitrogens with one attached hydrogen (secondary N) is 1. The highest BCUT2D eigenvalue weighted by Gasteiger charge is 2.09. The van der Waals surface area contributed by atoms with E-state index in [1.807, 2.05) is 36.6 Å². The van der Waals surface area contributed by atoms with Gasteiger partial charge < -0.3 is 10.4 Å². The van der Waals surface area contributed by atoms with Crippen LogP contribution in [-0.4, -0.2) is 40.8 Å². The summed E-state index contributed by atoms with van der Waals surface area (Å²) in [5, 5.41) is 13.0. The Balaban J connectivity index is 2.38. The summed E-state index contributed by atoms with van der Waals surface area (Å²) in [5.41, 5.74) is 0.981. The Kier molecular flexibility index (Phi) is 8.45. The minimum Gasteiger partial charge on any atom is -0.394 e. The molecule has 0 heterocycles. The minimum absolute atomic E-state index is 0.0354. The summed E-state index contributed by atoms with van der Waals surface area (Å²) in [6.45, 7) is -0.0354. The molecule has 0 aliphatic rings. The van der Waals surface area contributed by atoms with E-state index in [0.717, 1.165) is 16.4 Å². The van der Waals surface area contributed by atoms with Gasteiger partial charge >= 0.3 is 0 Å². The molecule has 3 nitrogen and oxygen atoms in total. The van der Waals surface area contributed by atoms with Crippen LogP contribution in [0.15, 0.2) is 36.4 Å². The maximum atomic E-state index is 11.7. The van der Waals surface area contributed by atoms with Gasteiger partial charge in [0.05, 0.1) is 12.6 Å². The molecule has 1 amide bonds. The maximum Gasteiger partial charge on any atom is 0.244 e. The van der Waals surface area contributed by atoms with Gasteiger partial charge in [-0.05, 0) is 17.9 Å². The fraction of sp³-hybridized carbons (Fsp3) is 0.357. The van der Waals surface area contributed by atoms with Crippen molar-refractivity contribution in [2.24, 2.45) is 0 Å². The van der Waals surface area contributed by atoms with Crippen LogP contribution in [0.5, 0.6) is 0 Å². The molecule has 0 saturated carbocycles. The Morgan fingerprint density at radius 3 is 2.79 bits per heavy atom. The molecule has 0 spiro atoms. The standard InChI is InChI=1S/C14H19NO2S2/c1-18-11-19-10-13(9-16)15-14(17)8-7-12-5-3-2-4-6-12/h2-8,13,16H,9-11H2,1H3,(H,15,17). The average Bonchev–Trinajstić information content (AvgIpc) is 2.45. The van der Waals surface area contributed by atoms with Crippen molar-refractivity contribution in [2.75, 3.05) is 23.7 Å². The van der Waals surface area contributed by atoms with Crippen molar-refractivity contribution in [1.82, 2.24) is 5.32 Å². The number of thioether (sulfide) groups is 2. The zero-order valence-corrected chi connectivity index (χ0v) is 12.5. The van der Waals surface area contributed by atoms with Gasteiger partial charge in [-0.15, -0.1) is 11.8 Å². The van der Waals surface area contributed by atoms with Crippen molar-refractivity contribution in [3.8, 4) is 0 Å². The van der Waals surface area contributed by atoms with Crippen molar-refractivity contribution in [2.45, 2.75) is 6.04 Å². The number of aliphatic hydroxyl groups is 1. The Morgan fingerprint density at radius 2 is 2.16 bits per heavy atom. The lowest BCUT2D eigenvalue weighted by molar-refractivity contribution is -0.117. The number of benzene rings is 1. The molecule has 19 heavy (non-hydrogen) atoms. The number of carbonyl (C=O) groups is 1. The van der Waals surface area contributed by atoms with Crippen LogP contribution < -0.4 is 5.32 Å². The van der Waals surface area contributed by atoms with Crippen LogP contribution in [-0.2, 0) is 4.79 Å². The predicted molar refractivity (Wildman–Crippen MR) is 85.3 cm³/mol. The summed E-state index contributed by atoms with van der Waals surface area (Å²) in [5.74, 6) is 0.551. The van der Waals surface area contributed by atoms with Gasteiger partial charge in [0.25, 0.3) is 0 Å². The third-order valence-corrected chi connectivity index (χ3v) is 4.56. The van der Waals surface area contributed by atoms with E-state index in [-0.39, 0.29) is 18.6 Å². The predicted octanol–water partition coefficient (Wildman–Crippen LogP) is 2.23. The monoisotopic (exact) mass is 297 g/mol. The average molecular weight is 297 g/mol. The van der Waals surface area contributed by atoms with Crippen molar-refractivity contribution in [1.29, 1.82) is 0 Å². The maximum absolute atomic E-state index is 11.7.